The van der Waals surface area contributed by atoms with Crippen LogP contribution < -0.4 is 15.4 Å². The lowest BCUT2D eigenvalue weighted by atomic mass is 10.2. The predicted octanol–water partition coefficient (Wildman–Crippen LogP) is 1.33. The van der Waals surface area contributed by atoms with Crippen molar-refractivity contribution in [3.63, 3.8) is 0 Å². The summed E-state index contributed by atoms with van der Waals surface area (Å²) >= 11 is 0. The fourth-order valence-corrected chi connectivity index (χ4v) is 2.09. The van der Waals surface area contributed by atoms with Crippen molar-refractivity contribution in [1.82, 2.24) is 4.90 Å². The Balaban J connectivity index is 2.94. The highest BCUT2D eigenvalue weighted by Crippen LogP contribution is 2.22. The van der Waals surface area contributed by atoms with Gasteiger partial charge < -0.3 is 20.3 Å². The number of carbonyl (C=O) groups is 1. The quantitative estimate of drug-likeness (QED) is 0.818. The van der Waals surface area contributed by atoms with Crippen molar-refractivity contribution in [3.8, 4) is 5.75 Å². The van der Waals surface area contributed by atoms with E-state index < -0.39 is 0 Å². The van der Waals surface area contributed by atoms with Crippen LogP contribution in [0.4, 0.5) is 5.69 Å². The number of hydrogen-bond donors (Lipinski definition) is 1. The molecule has 112 valence electrons. The molecule has 5 nitrogen and oxygen atoms in total. The Bertz CT molecular complexity index is 418. The van der Waals surface area contributed by atoms with E-state index in [1.807, 2.05) is 31.2 Å². The van der Waals surface area contributed by atoms with E-state index in [4.69, 9.17) is 10.5 Å². The minimum absolute atomic E-state index is 0.0813. The van der Waals surface area contributed by atoms with Gasteiger partial charge in [0.1, 0.15) is 11.8 Å². The topological polar surface area (TPSA) is 58.8 Å². The number of carbonyl (C=O) groups excluding carboxylic acids is 1. The maximum Gasteiger partial charge on any atom is 0.244 e. The van der Waals surface area contributed by atoms with E-state index in [2.05, 4.69) is 4.90 Å². The smallest absolute Gasteiger partial charge is 0.244 e. The zero-order valence-electron chi connectivity index (χ0n) is 12.8. The maximum absolute atomic E-state index is 12.2. The SMILES string of the molecule is COc1ccc(N(CCCN)C(C)C(=O)N(C)C)cc1. The third-order valence-electron chi connectivity index (χ3n) is 3.27. The van der Waals surface area contributed by atoms with Crippen LogP contribution in [-0.4, -0.2) is 51.1 Å². The number of rotatable bonds is 7. The summed E-state index contributed by atoms with van der Waals surface area (Å²) in [5.41, 5.74) is 6.60. The molecule has 1 aromatic carbocycles. The van der Waals surface area contributed by atoms with Gasteiger partial charge in [0.15, 0.2) is 0 Å². The molecular formula is C15H25N3O2. The summed E-state index contributed by atoms with van der Waals surface area (Å²) in [5.74, 6) is 0.886. The lowest BCUT2D eigenvalue weighted by Crippen LogP contribution is -2.45. The molecule has 0 radical (unpaired) electrons. The van der Waals surface area contributed by atoms with Crippen molar-refractivity contribution >= 4 is 11.6 Å². The molecular weight excluding hydrogens is 254 g/mol. The first-order valence-electron chi connectivity index (χ1n) is 6.83. The Hall–Kier alpha value is -1.75. The average Bonchev–Trinajstić information content (AvgIpc) is 2.47. The molecule has 2 N–H and O–H groups in total. The molecule has 0 saturated carbocycles. The molecule has 20 heavy (non-hydrogen) atoms. The van der Waals surface area contributed by atoms with Crippen LogP contribution in [0.25, 0.3) is 0 Å². The highest BCUT2D eigenvalue weighted by atomic mass is 16.5. The molecule has 1 amide bonds. The summed E-state index contributed by atoms with van der Waals surface area (Å²) in [4.78, 5) is 15.9. The monoisotopic (exact) mass is 279 g/mol. The van der Waals surface area contributed by atoms with Crippen molar-refractivity contribution in [3.05, 3.63) is 24.3 Å². The number of anilines is 1. The summed E-state index contributed by atoms with van der Waals surface area (Å²) in [6, 6.07) is 7.52. The number of nitrogens with two attached hydrogens (primary N) is 1. The Morgan fingerprint density at radius 1 is 1.30 bits per heavy atom. The van der Waals surface area contributed by atoms with Crippen LogP contribution >= 0.6 is 0 Å². The number of ether oxygens (including phenoxy) is 1. The van der Waals surface area contributed by atoms with Gasteiger partial charge in [0.05, 0.1) is 7.11 Å². The van der Waals surface area contributed by atoms with Crippen molar-refractivity contribution in [2.75, 3.05) is 39.2 Å². The predicted molar refractivity (Wildman–Crippen MR) is 82.2 cm³/mol. The van der Waals surface area contributed by atoms with E-state index >= 15 is 0 Å². The van der Waals surface area contributed by atoms with Gasteiger partial charge in [-0.3, -0.25) is 4.79 Å². The molecule has 0 aromatic heterocycles. The minimum Gasteiger partial charge on any atom is -0.497 e. The molecule has 0 saturated heterocycles. The van der Waals surface area contributed by atoms with Crippen LogP contribution in [0, 0.1) is 0 Å². The summed E-state index contributed by atoms with van der Waals surface area (Å²) in [6.07, 6.45) is 0.844. The molecule has 0 aliphatic carbocycles. The number of amides is 1. The molecule has 0 heterocycles. The van der Waals surface area contributed by atoms with Crippen molar-refractivity contribution in [2.24, 2.45) is 5.73 Å². The van der Waals surface area contributed by atoms with E-state index in [-0.39, 0.29) is 11.9 Å². The number of likely N-dealkylation sites (N-methyl/N-ethyl adjacent to an activating group) is 1. The molecule has 0 fully saturated rings. The highest BCUT2D eigenvalue weighted by molar-refractivity contribution is 5.84. The fourth-order valence-electron chi connectivity index (χ4n) is 2.09. The highest BCUT2D eigenvalue weighted by Gasteiger charge is 2.22. The number of hydrogen-bond acceptors (Lipinski definition) is 4. The Morgan fingerprint density at radius 3 is 2.35 bits per heavy atom. The average molecular weight is 279 g/mol. The number of methoxy groups -OCH3 is 1. The normalized spacial score (nSPS) is 11.8. The second kappa shape index (κ2) is 7.75. The van der Waals surface area contributed by atoms with E-state index in [0.717, 1.165) is 24.4 Å². The van der Waals surface area contributed by atoms with E-state index in [1.54, 1.807) is 26.1 Å². The van der Waals surface area contributed by atoms with E-state index in [9.17, 15) is 4.79 Å². The lowest BCUT2D eigenvalue weighted by molar-refractivity contribution is -0.129. The standard InChI is InChI=1S/C15H25N3O2/c1-12(15(19)17(2)3)18(11-5-10-16)13-6-8-14(20-4)9-7-13/h6-9,12H,5,10-11,16H2,1-4H3. The van der Waals surface area contributed by atoms with Crippen LogP contribution in [0.15, 0.2) is 24.3 Å². The molecule has 5 heteroatoms. The number of nitrogens with zero attached hydrogens (tertiary/aromatic N) is 2. The molecule has 0 spiro atoms. The van der Waals surface area contributed by atoms with E-state index in [0.29, 0.717) is 6.54 Å². The molecule has 1 atom stereocenters. The summed E-state index contributed by atoms with van der Waals surface area (Å²) in [6.45, 7) is 3.28. The number of benzene rings is 1. The van der Waals surface area contributed by atoms with Gasteiger partial charge in [-0.1, -0.05) is 0 Å². The van der Waals surface area contributed by atoms with Crippen LogP contribution in [0.3, 0.4) is 0 Å². The van der Waals surface area contributed by atoms with Gasteiger partial charge in [0.2, 0.25) is 5.91 Å². The Kier molecular flexibility index (Phi) is 6.31. The second-order valence-electron chi connectivity index (χ2n) is 4.94. The van der Waals surface area contributed by atoms with Crippen molar-refractivity contribution < 1.29 is 9.53 Å². The Labute approximate surface area is 121 Å². The zero-order valence-corrected chi connectivity index (χ0v) is 12.8. The van der Waals surface area contributed by atoms with Gasteiger partial charge >= 0.3 is 0 Å². The second-order valence-corrected chi connectivity index (χ2v) is 4.94. The van der Waals surface area contributed by atoms with Gasteiger partial charge in [-0.05, 0) is 44.2 Å². The van der Waals surface area contributed by atoms with Crippen LogP contribution in [0.1, 0.15) is 13.3 Å². The third kappa shape index (κ3) is 4.13. The largest absolute Gasteiger partial charge is 0.497 e. The van der Waals surface area contributed by atoms with Gasteiger partial charge in [-0.25, -0.2) is 0 Å². The van der Waals surface area contributed by atoms with Gasteiger partial charge in [-0.15, -0.1) is 0 Å². The molecule has 0 aliphatic rings. The zero-order chi connectivity index (χ0) is 15.1. The van der Waals surface area contributed by atoms with Gasteiger partial charge in [0.25, 0.3) is 0 Å². The molecule has 0 aliphatic heterocycles. The van der Waals surface area contributed by atoms with Crippen LogP contribution in [0.5, 0.6) is 5.75 Å². The molecule has 1 unspecified atom stereocenters. The summed E-state index contributed by atoms with van der Waals surface area (Å²) in [7, 11) is 5.18. The van der Waals surface area contributed by atoms with Gasteiger partial charge in [-0.2, -0.15) is 0 Å². The summed E-state index contributed by atoms with van der Waals surface area (Å²) < 4.78 is 5.16. The first kappa shape index (κ1) is 16.3. The third-order valence-corrected chi connectivity index (χ3v) is 3.27. The first-order valence-corrected chi connectivity index (χ1v) is 6.83. The fraction of sp³-hybridized carbons (Fsp3) is 0.533. The summed E-state index contributed by atoms with van der Waals surface area (Å²) in [5, 5.41) is 0. The maximum atomic E-state index is 12.2. The molecule has 0 bridgehead atoms. The molecule has 1 aromatic rings. The Morgan fingerprint density at radius 2 is 1.90 bits per heavy atom. The van der Waals surface area contributed by atoms with Crippen molar-refractivity contribution in [2.45, 2.75) is 19.4 Å². The van der Waals surface area contributed by atoms with Crippen LogP contribution in [-0.2, 0) is 4.79 Å². The van der Waals surface area contributed by atoms with E-state index in [1.165, 1.54) is 0 Å². The first-order chi connectivity index (χ1) is 9.51. The van der Waals surface area contributed by atoms with Crippen molar-refractivity contribution in [1.29, 1.82) is 0 Å². The lowest BCUT2D eigenvalue weighted by Gasteiger charge is -2.32. The minimum atomic E-state index is -0.218. The van der Waals surface area contributed by atoms with Crippen LogP contribution in [0.2, 0.25) is 0 Å². The van der Waals surface area contributed by atoms with Gasteiger partial charge in [0, 0.05) is 26.3 Å². The molecule has 1 rings (SSSR count).